The first-order valence-corrected chi connectivity index (χ1v) is 9.07. The smallest absolute Gasteiger partial charge is 0.319 e. The normalized spacial score (nSPS) is 10.7. The Morgan fingerprint density at radius 3 is 2.65 bits per heavy atom. The summed E-state index contributed by atoms with van der Waals surface area (Å²) in [5.41, 5.74) is 4.49. The Bertz CT molecular complexity index is 789. The molecule has 2 N–H and O–H groups in total. The topological polar surface area (TPSA) is 77.4 Å². The van der Waals surface area contributed by atoms with Gasteiger partial charge in [-0.15, -0.1) is 0 Å². The second-order valence-corrected chi connectivity index (χ2v) is 6.89. The first-order chi connectivity index (χ1) is 12.4. The maximum absolute atomic E-state index is 12.4. The van der Waals surface area contributed by atoms with E-state index in [4.69, 9.17) is 9.47 Å². The summed E-state index contributed by atoms with van der Waals surface area (Å²) in [6, 6.07) is 3.44. The van der Waals surface area contributed by atoms with E-state index in [-0.39, 0.29) is 6.03 Å². The molecule has 0 radical (unpaired) electrons. The minimum Gasteiger partial charge on any atom is -0.495 e. The minimum atomic E-state index is -0.294. The van der Waals surface area contributed by atoms with Gasteiger partial charge in [0.05, 0.1) is 31.6 Å². The molecular formula is C18H25BrN4O3. The summed E-state index contributed by atoms with van der Waals surface area (Å²) >= 11 is 3.43. The molecule has 0 unspecified atom stereocenters. The van der Waals surface area contributed by atoms with Crippen molar-refractivity contribution in [3.05, 3.63) is 39.1 Å². The summed E-state index contributed by atoms with van der Waals surface area (Å²) in [5.74, 6) is 0.603. The van der Waals surface area contributed by atoms with Crippen molar-refractivity contribution in [3.8, 4) is 5.75 Å². The number of aryl methyl sites for hydroxylation is 2. The van der Waals surface area contributed by atoms with Gasteiger partial charge < -0.3 is 20.1 Å². The third-order valence-electron chi connectivity index (χ3n) is 4.19. The molecule has 1 aromatic heterocycles. The zero-order chi connectivity index (χ0) is 19.3. The first kappa shape index (κ1) is 20.3. The Kier molecular flexibility index (Phi) is 7.05. The van der Waals surface area contributed by atoms with Crippen LogP contribution in [0.1, 0.15) is 22.5 Å². The maximum Gasteiger partial charge on any atom is 0.319 e. The van der Waals surface area contributed by atoms with Crippen LogP contribution in [0.25, 0.3) is 0 Å². The third-order valence-corrected chi connectivity index (χ3v) is 4.64. The molecule has 2 rings (SSSR count). The average molecular weight is 425 g/mol. The van der Waals surface area contributed by atoms with E-state index < -0.39 is 0 Å². The number of urea groups is 1. The third kappa shape index (κ3) is 4.76. The second kappa shape index (κ2) is 9.05. The molecule has 0 fully saturated rings. The molecular weight excluding hydrogens is 400 g/mol. The number of amides is 2. The summed E-state index contributed by atoms with van der Waals surface area (Å²) in [5, 5.41) is 10.3. The van der Waals surface area contributed by atoms with Gasteiger partial charge in [-0.3, -0.25) is 4.68 Å². The van der Waals surface area contributed by atoms with Crippen LogP contribution in [-0.2, 0) is 17.8 Å². The number of methoxy groups -OCH3 is 2. The van der Waals surface area contributed by atoms with Crippen LogP contribution in [0.3, 0.4) is 0 Å². The van der Waals surface area contributed by atoms with Crippen molar-refractivity contribution in [1.82, 2.24) is 15.1 Å². The lowest BCUT2D eigenvalue weighted by Crippen LogP contribution is -2.29. The van der Waals surface area contributed by atoms with Crippen molar-refractivity contribution in [1.29, 1.82) is 0 Å². The molecule has 0 saturated heterocycles. The predicted octanol–water partition coefficient (Wildman–Crippen LogP) is 3.55. The van der Waals surface area contributed by atoms with Crippen molar-refractivity contribution in [2.75, 3.05) is 26.1 Å². The molecule has 0 saturated carbocycles. The number of hydrogen-bond acceptors (Lipinski definition) is 4. The van der Waals surface area contributed by atoms with Crippen LogP contribution in [0.4, 0.5) is 10.5 Å². The SMILES string of the molecule is COCCn1nc(C)c(CNC(=O)Nc2c(C)cc(Br)cc2OC)c1C. The molecule has 0 aliphatic rings. The molecule has 0 atom stereocenters. The van der Waals surface area contributed by atoms with Crippen LogP contribution < -0.4 is 15.4 Å². The van der Waals surface area contributed by atoms with Crippen molar-refractivity contribution >= 4 is 27.6 Å². The number of hydrogen-bond donors (Lipinski definition) is 2. The van der Waals surface area contributed by atoms with Crippen LogP contribution >= 0.6 is 15.9 Å². The molecule has 7 nitrogen and oxygen atoms in total. The molecule has 2 amide bonds. The Morgan fingerprint density at radius 2 is 2.00 bits per heavy atom. The van der Waals surface area contributed by atoms with E-state index in [0.29, 0.717) is 31.1 Å². The average Bonchev–Trinajstić information content (AvgIpc) is 2.86. The van der Waals surface area contributed by atoms with Crippen LogP contribution in [0.2, 0.25) is 0 Å². The molecule has 0 aliphatic carbocycles. The molecule has 1 heterocycles. The molecule has 2 aromatic rings. The van der Waals surface area contributed by atoms with Gasteiger partial charge in [-0.2, -0.15) is 5.10 Å². The monoisotopic (exact) mass is 424 g/mol. The fraction of sp³-hybridized carbons (Fsp3) is 0.444. The molecule has 1 aromatic carbocycles. The number of nitrogens with zero attached hydrogens (tertiary/aromatic N) is 2. The quantitative estimate of drug-likeness (QED) is 0.712. The minimum absolute atomic E-state index is 0.294. The van der Waals surface area contributed by atoms with Crippen molar-refractivity contribution in [2.24, 2.45) is 0 Å². The van der Waals surface area contributed by atoms with Crippen LogP contribution in [0.15, 0.2) is 16.6 Å². The number of rotatable bonds is 7. The lowest BCUT2D eigenvalue weighted by Gasteiger charge is -2.14. The molecule has 0 bridgehead atoms. The summed E-state index contributed by atoms with van der Waals surface area (Å²) in [4.78, 5) is 12.4. The number of halogens is 1. The highest BCUT2D eigenvalue weighted by Crippen LogP contribution is 2.32. The van der Waals surface area contributed by atoms with E-state index >= 15 is 0 Å². The Morgan fingerprint density at radius 1 is 1.27 bits per heavy atom. The van der Waals surface area contributed by atoms with Gasteiger partial charge in [-0.1, -0.05) is 15.9 Å². The van der Waals surface area contributed by atoms with Crippen LogP contribution in [-0.4, -0.2) is 36.6 Å². The van der Waals surface area contributed by atoms with Gasteiger partial charge in [0.15, 0.2) is 0 Å². The number of nitrogens with one attached hydrogen (secondary N) is 2. The first-order valence-electron chi connectivity index (χ1n) is 8.28. The summed E-state index contributed by atoms with van der Waals surface area (Å²) in [7, 11) is 3.24. The predicted molar refractivity (Wildman–Crippen MR) is 105 cm³/mol. The number of anilines is 1. The van der Waals surface area contributed by atoms with E-state index in [9.17, 15) is 4.79 Å². The van der Waals surface area contributed by atoms with Crippen LogP contribution in [0, 0.1) is 20.8 Å². The maximum atomic E-state index is 12.4. The highest BCUT2D eigenvalue weighted by Gasteiger charge is 2.14. The molecule has 0 aliphatic heterocycles. The summed E-state index contributed by atoms with van der Waals surface area (Å²) in [6.45, 7) is 7.52. The lowest BCUT2D eigenvalue weighted by atomic mass is 10.2. The van der Waals surface area contributed by atoms with E-state index in [1.165, 1.54) is 0 Å². The van der Waals surface area contributed by atoms with Gasteiger partial charge in [-0.05, 0) is 38.5 Å². The fourth-order valence-corrected chi connectivity index (χ4v) is 3.30. The van der Waals surface area contributed by atoms with Crippen LogP contribution in [0.5, 0.6) is 5.75 Å². The van der Waals surface area contributed by atoms with Crippen molar-refractivity contribution in [2.45, 2.75) is 33.9 Å². The number of benzene rings is 1. The van der Waals surface area contributed by atoms with E-state index in [1.54, 1.807) is 14.2 Å². The zero-order valence-electron chi connectivity index (χ0n) is 15.8. The van der Waals surface area contributed by atoms with E-state index in [1.807, 2.05) is 37.6 Å². The number of ether oxygens (including phenoxy) is 2. The number of carbonyl (C=O) groups excluding carboxylic acids is 1. The second-order valence-electron chi connectivity index (χ2n) is 5.97. The summed E-state index contributed by atoms with van der Waals surface area (Å²) in [6.07, 6.45) is 0. The number of aromatic nitrogens is 2. The van der Waals surface area contributed by atoms with E-state index in [0.717, 1.165) is 27.0 Å². The van der Waals surface area contributed by atoms with Gasteiger partial charge in [-0.25, -0.2) is 4.79 Å². The highest BCUT2D eigenvalue weighted by atomic mass is 79.9. The van der Waals surface area contributed by atoms with E-state index in [2.05, 4.69) is 31.7 Å². The zero-order valence-corrected chi connectivity index (χ0v) is 17.4. The molecule has 26 heavy (non-hydrogen) atoms. The Labute approximate surface area is 162 Å². The lowest BCUT2D eigenvalue weighted by molar-refractivity contribution is 0.182. The fourth-order valence-electron chi connectivity index (χ4n) is 2.75. The van der Waals surface area contributed by atoms with Gasteiger partial charge in [0.25, 0.3) is 0 Å². The van der Waals surface area contributed by atoms with Gasteiger partial charge in [0, 0.05) is 29.4 Å². The molecule has 0 spiro atoms. The Hall–Kier alpha value is -2.06. The Balaban J connectivity index is 2.05. The largest absolute Gasteiger partial charge is 0.495 e. The number of carbonyl (C=O) groups is 1. The molecule has 8 heteroatoms. The van der Waals surface area contributed by atoms with Gasteiger partial charge in [0.1, 0.15) is 5.75 Å². The standard InChI is InChI=1S/C18H25BrN4O3/c1-11-8-14(19)9-16(26-5)17(11)21-18(24)20-10-15-12(2)22-23(13(15)3)6-7-25-4/h8-9H,6-7,10H2,1-5H3,(H2,20,21,24). The van der Waals surface area contributed by atoms with Crippen molar-refractivity contribution < 1.29 is 14.3 Å². The summed E-state index contributed by atoms with van der Waals surface area (Å²) < 4.78 is 13.2. The van der Waals surface area contributed by atoms with Gasteiger partial charge >= 0.3 is 6.03 Å². The van der Waals surface area contributed by atoms with Crippen molar-refractivity contribution in [3.63, 3.8) is 0 Å². The molecule has 142 valence electrons. The van der Waals surface area contributed by atoms with Gasteiger partial charge in [0.2, 0.25) is 0 Å². The highest BCUT2D eigenvalue weighted by molar-refractivity contribution is 9.10.